The van der Waals surface area contributed by atoms with Gasteiger partial charge in [-0.15, -0.1) is 11.8 Å². The fraction of sp³-hybridized carbons (Fsp3) is 0.261. The lowest BCUT2D eigenvalue weighted by Gasteiger charge is -2.20. The van der Waals surface area contributed by atoms with E-state index < -0.39 is 0 Å². The lowest BCUT2D eigenvalue weighted by molar-refractivity contribution is -0.116. The van der Waals surface area contributed by atoms with Gasteiger partial charge in [0.25, 0.3) is 0 Å². The molecular weight excluding hydrogens is 464 g/mol. The van der Waals surface area contributed by atoms with Crippen LogP contribution in [0.3, 0.4) is 0 Å². The summed E-state index contributed by atoms with van der Waals surface area (Å²) in [6, 6.07) is 11.5. The van der Waals surface area contributed by atoms with Gasteiger partial charge in [-0.2, -0.15) is 0 Å². The van der Waals surface area contributed by atoms with Gasteiger partial charge in [0.2, 0.25) is 5.91 Å². The number of methoxy groups -OCH3 is 1. The summed E-state index contributed by atoms with van der Waals surface area (Å²) in [4.78, 5) is 25.0. The van der Waals surface area contributed by atoms with Crippen molar-refractivity contribution in [2.45, 2.75) is 24.8 Å². The number of rotatable bonds is 9. The maximum atomic E-state index is 13.3. The zero-order valence-corrected chi connectivity index (χ0v) is 20.2. The van der Waals surface area contributed by atoms with Crippen molar-refractivity contribution in [3.05, 3.63) is 65.7 Å². The van der Waals surface area contributed by atoms with Crippen molar-refractivity contribution in [1.82, 2.24) is 14.5 Å². The second-order valence-corrected chi connectivity index (χ2v) is 9.66. The molecule has 0 radical (unpaired) electrons. The zero-order valence-electron chi connectivity index (χ0n) is 17.8. The van der Waals surface area contributed by atoms with Gasteiger partial charge in [-0.25, -0.2) is 9.97 Å². The van der Waals surface area contributed by atoms with Gasteiger partial charge in [-0.05, 0) is 49.2 Å². The van der Waals surface area contributed by atoms with Gasteiger partial charge in [0.15, 0.2) is 5.13 Å². The van der Waals surface area contributed by atoms with Crippen molar-refractivity contribution in [3.63, 3.8) is 0 Å². The highest BCUT2D eigenvalue weighted by Crippen LogP contribution is 2.37. The van der Waals surface area contributed by atoms with E-state index in [4.69, 9.17) is 21.3 Å². The SMILES string of the molecule is COc1ccc(C)c2sc(N(CCCn3ccnc3)C(=O)CSc3ccc(Cl)cc3)nc12. The zero-order chi connectivity index (χ0) is 22.5. The number of aromatic nitrogens is 3. The smallest absolute Gasteiger partial charge is 0.239 e. The molecule has 166 valence electrons. The molecule has 0 saturated carbocycles. The van der Waals surface area contributed by atoms with Crippen LogP contribution in [-0.2, 0) is 11.3 Å². The van der Waals surface area contributed by atoms with Crippen LogP contribution in [-0.4, -0.2) is 39.8 Å². The number of nitrogens with zero attached hydrogens (tertiary/aromatic N) is 4. The monoisotopic (exact) mass is 486 g/mol. The first kappa shape index (κ1) is 22.6. The molecule has 0 unspecified atom stereocenters. The fourth-order valence-corrected chi connectivity index (χ4v) is 5.29. The van der Waals surface area contributed by atoms with Crippen LogP contribution in [0.25, 0.3) is 10.2 Å². The van der Waals surface area contributed by atoms with Crippen LogP contribution in [0.5, 0.6) is 5.75 Å². The van der Waals surface area contributed by atoms with Gasteiger partial charge in [-0.3, -0.25) is 9.69 Å². The Morgan fingerprint density at radius 3 is 2.78 bits per heavy atom. The van der Waals surface area contributed by atoms with Crippen molar-refractivity contribution in [2.24, 2.45) is 0 Å². The van der Waals surface area contributed by atoms with E-state index in [1.165, 1.54) is 23.1 Å². The molecular formula is C23H23ClN4O2S2. The van der Waals surface area contributed by atoms with E-state index in [0.717, 1.165) is 39.4 Å². The fourth-order valence-electron chi connectivity index (χ4n) is 3.29. The van der Waals surface area contributed by atoms with Gasteiger partial charge in [0.1, 0.15) is 11.3 Å². The molecule has 2 heterocycles. The van der Waals surface area contributed by atoms with Crippen molar-refractivity contribution in [1.29, 1.82) is 0 Å². The second-order valence-electron chi connectivity index (χ2n) is 7.20. The minimum Gasteiger partial charge on any atom is -0.494 e. The molecule has 0 atom stereocenters. The van der Waals surface area contributed by atoms with Crippen LogP contribution in [0.4, 0.5) is 5.13 Å². The number of amides is 1. The highest BCUT2D eigenvalue weighted by Gasteiger charge is 2.21. The van der Waals surface area contributed by atoms with Crippen molar-refractivity contribution >= 4 is 56.0 Å². The average molecular weight is 487 g/mol. The Morgan fingerprint density at radius 2 is 2.06 bits per heavy atom. The van der Waals surface area contributed by atoms with E-state index in [-0.39, 0.29) is 5.91 Å². The van der Waals surface area contributed by atoms with E-state index in [1.807, 2.05) is 54.1 Å². The molecule has 0 saturated heterocycles. The predicted octanol–water partition coefficient (Wildman–Crippen LogP) is 5.68. The Balaban J connectivity index is 1.56. The summed E-state index contributed by atoms with van der Waals surface area (Å²) in [6.07, 6.45) is 6.26. The third-order valence-corrected chi connectivity index (χ3v) is 7.44. The first-order valence-electron chi connectivity index (χ1n) is 10.1. The Morgan fingerprint density at radius 1 is 1.25 bits per heavy atom. The number of aryl methyl sites for hydroxylation is 2. The molecule has 2 aromatic carbocycles. The van der Waals surface area contributed by atoms with E-state index in [2.05, 4.69) is 4.98 Å². The number of hydrogen-bond donors (Lipinski definition) is 0. The highest BCUT2D eigenvalue weighted by molar-refractivity contribution is 8.00. The number of halogens is 1. The Bertz CT molecular complexity index is 1190. The standard InChI is InChI=1S/C23H23ClN4O2S2/c1-16-4-9-19(30-2)21-22(16)32-23(26-21)28(12-3-11-27-13-10-25-15-27)20(29)14-31-18-7-5-17(24)6-8-18/h4-10,13,15H,3,11-12,14H2,1-2H3. The molecule has 4 aromatic rings. The van der Waals surface area contributed by atoms with Gasteiger partial charge in [0.05, 0.1) is 23.9 Å². The third-order valence-electron chi connectivity index (χ3n) is 4.98. The Labute approximate surface area is 200 Å². The van der Waals surface area contributed by atoms with Crippen molar-refractivity contribution < 1.29 is 9.53 Å². The molecule has 32 heavy (non-hydrogen) atoms. The number of hydrogen-bond acceptors (Lipinski definition) is 6. The lowest BCUT2D eigenvalue weighted by atomic mass is 10.2. The number of thiazole rings is 1. The van der Waals surface area contributed by atoms with Crippen LogP contribution in [0, 0.1) is 6.92 Å². The number of anilines is 1. The molecule has 0 bridgehead atoms. The molecule has 1 amide bonds. The molecule has 4 rings (SSSR count). The van der Waals surface area contributed by atoms with Crippen LogP contribution in [0.2, 0.25) is 5.02 Å². The summed E-state index contributed by atoms with van der Waals surface area (Å²) in [5.41, 5.74) is 1.91. The normalized spacial score (nSPS) is 11.1. The van der Waals surface area contributed by atoms with Gasteiger partial charge in [-0.1, -0.05) is 29.0 Å². The number of carbonyl (C=O) groups excluding carboxylic acids is 1. The van der Waals surface area contributed by atoms with E-state index in [0.29, 0.717) is 22.5 Å². The number of benzene rings is 2. The topological polar surface area (TPSA) is 60.2 Å². The maximum Gasteiger partial charge on any atom is 0.239 e. The molecule has 9 heteroatoms. The molecule has 0 spiro atoms. The summed E-state index contributed by atoms with van der Waals surface area (Å²) in [6.45, 7) is 3.39. The van der Waals surface area contributed by atoms with E-state index in [9.17, 15) is 4.79 Å². The highest BCUT2D eigenvalue weighted by atomic mass is 35.5. The predicted molar refractivity (Wildman–Crippen MR) is 132 cm³/mol. The maximum absolute atomic E-state index is 13.3. The van der Waals surface area contributed by atoms with Crippen LogP contribution in [0.1, 0.15) is 12.0 Å². The van der Waals surface area contributed by atoms with Crippen LogP contribution < -0.4 is 9.64 Å². The lowest BCUT2D eigenvalue weighted by Crippen LogP contribution is -2.33. The summed E-state index contributed by atoms with van der Waals surface area (Å²) in [5.74, 6) is 1.05. The second kappa shape index (κ2) is 10.4. The van der Waals surface area contributed by atoms with E-state index in [1.54, 1.807) is 24.5 Å². The Kier molecular flexibility index (Phi) is 7.34. The number of thioether (sulfide) groups is 1. The number of imidazole rings is 1. The molecule has 6 nitrogen and oxygen atoms in total. The molecule has 2 aromatic heterocycles. The first-order valence-corrected chi connectivity index (χ1v) is 12.3. The Hall–Kier alpha value is -2.55. The summed E-state index contributed by atoms with van der Waals surface area (Å²) in [7, 11) is 1.64. The third kappa shape index (κ3) is 5.26. The average Bonchev–Trinajstić information content (AvgIpc) is 3.47. The number of fused-ring (bicyclic) bond motifs is 1. The molecule has 0 N–H and O–H groups in total. The summed E-state index contributed by atoms with van der Waals surface area (Å²) < 4.78 is 8.55. The van der Waals surface area contributed by atoms with Gasteiger partial charge >= 0.3 is 0 Å². The van der Waals surface area contributed by atoms with Crippen molar-refractivity contribution in [2.75, 3.05) is 24.3 Å². The molecule has 0 aliphatic carbocycles. The van der Waals surface area contributed by atoms with Crippen LogP contribution in [0.15, 0.2) is 60.0 Å². The minimum absolute atomic E-state index is 0.0197. The van der Waals surface area contributed by atoms with Crippen molar-refractivity contribution in [3.8, 4) is 5.75 Å². The van der Waals surface area contributed by atoms with Gasteiger partial charge < -0.3 is 9.30 Å². The number of carbonyl (C=O) groups is 1. The first-order chi connectivity index (χ1) is 15.5. The number of ether oxygens (including phenoxy) is 1. The van der Waals surface area contributed by atoms with E-state index >= 15 is 0 Å². The van der Waals surface area contributed by atoms with Gasteiger partial charge in [0, 0.05) is 35.4 Å². The summed E-state index contributed by atoms with van der Waals surface area (Å²) >= 11 is 9.00. The summed E-state index contributed by atoms with van der Waals surface area (Å²) in [5, 5.41) is 1.38. The molecule has 0 aliphatic heterocycles. The largest absolute Gasteiger partial charge is 0.494 e. The molecule has 0 aliphatic rings. The minimum atomic E-state index is 0.0197. The quantitative estimate of drug-likeness (QED) is 0.285. The van der Waals surface area contributed by atoms with Crippen LogP contribution >= 0.6 is 34.7 Å². The molecule has 0 fully saturated rings.